The lowest BCUT2D eigenvalue weighted by Crippen LogP contribution is -2.05. The van der Waals surface area contributed by atoms with Crippen molar-refractivity contribution in [3.8, 4) is 0 Å². The molecule has 1 aromatic carbocycles. The van der Waals surface area contributed by atoms with Crippen molar-refractivity contribution in [3.05, 3.63) is 41.3 Å². The Morgan fingerprint density at radius 1 is 1.07 bits per heavy atom. The molecule has 2 heteroatoms. The number of fused-ring (bicyclic) bond motifs is 2. The maximum absolute atomic E-state index is 13.0. The van der Waals surface area contributed by atoms with Crippen molar-refractivity contribution >= 4 is 10.9 Å². The number of benzene rings is 1. The van der Waals surface area contributed by atoms with E-state index in [1.54, 1.807) is 12.1 Å². The Hall–Kier alpha value is -1.44. The minimum atomic E-state index is -0.181. The Labute approximate surface area is 88.0 Å². The van der Waals surface area contributed by atoms with Crippen molar-refractivity contribution in [1.82, 2.24) is 4.98 Å². The molecule has 3 rings (SSSR count). The van der Waals surface area contributed by atoms with Crippen molar-refractivity contribution in [1.29, 1.82) is 0 Å². The molecule has 1 aromatic heterocycles. The van der Waals surface area contributed by atoms with E-state index in [1.807, 2.05) is 0 Å². The van der Waals surface area contributed by atoms with Gasteiger partial charge in [-0.1, -0.05) is 0 Å². The van der Waals surface area contributed by atoms with Gasteiger partial charge in [0.15, 0.2) is 0 Å². The fraction of sp³-hybridized carbons (Fsp3) is 0.308. The zero-order valence-electron chi connectivity index (χ0n) is 8.46. The van der Waals surface area contributed by atoms with Crippen molar-refractivity contribution in [2.24, 2.45) is 0 Å². The number of rotatable bonds is 0. The molecule has 0 unspecified atom stereocenters. The molecule has 0 saturated heterocycles. The number of pyridine rings is 1. The summed E-state index contributed by atoms with van der Waals surface area (Å²) in [4.78, 5) is 4.59. The molecule has 1 aliphatic carbocycles. The lowest BCUT2D eigenvalue weighted by atomic mass is 9.95. The number of aryl methyl sites for hydroxylation is 2. The van der Waals surface area contributed by atoms with Crippen molar-refractivity contribution < 1.29 is 4.39 Å². The Balaban J connectivity index is 2.26. The molecule has 1 nitrogen and oxygen atoms in total. The van der Waals surface area contributed by atoms with Gasteiger partial charge < -0.3 is 0 Å². The molecule has 0 saturated carbocycles. The molecule has 0 spiro atoms. The Kier molecular flexibility index (Phi) is 1.94. The van der Waals surface area contributed by atoms with Gasteiger partial charge in [0.2, 0.25) is 0 Å². The van der Waals surface area contributed by atoms with Gasteiger partial charge in [0.1, 0.15) is 5.82 Å². The van der Waals surface area contributed by atoms with Crippen LogP contribution < -0.4 is 0 Å². The van der Waals surface area contributed by atoms with Crippen molar-refractivity contribution in [2.75, 3.05) is 0 Å². The molecule has 1 heterocycles. The van der Waals surface area contributed by atoms with Gasteiger partial charge in [-0.2, -0.15) is 0 Å². The van der Waals surface area contributed by atoms with Crippen LogP contribution in [-0.2, 0) is 12.8 Å². The van der Waals surface area contributed by atoms with E-state index in [0.717, 1.165) is 23.7 Å². The highest BCUT2D eigenvalue weighted by Gasteiger charge is 2.11. The van der Waals surface area contributed by atoms with Crippen molar-refractivity contribution in [2.45, 2.75) is 25.7 Å². The fourth-order valence-electron chi connectivity index (χ4n) is 2.27. The second-order valence-corrected chi connectivity index (χ2v) is 4.14. The predicted octanol–water partition coefficient (Wildman–Crippen LogP) is 3.25. The van der Waals surface area contributed by atoms with Gasteiger partial charge in [-0.05, 0) is 55.5 Å². The van der Waals surface area contributed by atoms with Crippen LogP contribution in [0, 0.1) is 5.82 Å². The zero-order chi connectivity index (χ0) is 10.3. The summed E-state index contributed by atoms with van der Waals surface area (Å²) in [5.41, 5.74) is 3.43. The summed E-state index contributed by atoms with van der Waals surface area (Å²) in [6.45, 7) is 0. The summed E-state index contributed by atoms with van der Waals surface area (Å²) >= 11 is 0. The maximum Gasteiger partial charge on any atom is 0.123 e. The minimum absolute atomic E-state index is 0.181. The first-order valence-electron chi connectivity index (χ1n) is 5.41. The Morgan fingerprint density at radius 2 is 1.93 bits per heavy atom. The summed E-state index contributed by atoms with van der Waals surface area (Å²) in [6, 6.07) is 6.90. The van der Waals surface area contributed by atoms with E-state index in [4.69, 9.17) is 0 Å². The average Bonchev–Trinajstić information content (AvgIpc) is 2.26. The largest absolute Gasteiger partial charge is 0.253 e. The van der Waals surface area contributed by atoms with Crippen LogP contribution in [0.25, 0.3) is 10.9 Å². The van der Waals surface area contributed by atoms with E-state index in [2.05, 4.69) is 11.1 Å². The van der Waals surface area contributed by atoms with Gasteiger partial charge in [-0.15, -0.1) is 0 Å². The van der Waals surface area contributed by atoms with Gasteiger partial charge in [-0.25, -0.2) is 4.39 Å². The van der Waals surface area contributed by atoms with Crippen LogP contribution in [0.2, 0.25) is 0 Å². The van der Waals surface area contributed by atoms with E-state index in [1.165, 1.54) is 30.2 Å². The number of nitrogens with zero attached hydrogens (tertiary/aromatic N) is 1. The van der Waals surface area contributed by atoms with Gasteiger partial charge in [0.25, 0.3) is 0 Å². The molecular formula is C13H12FN. The molecule has 0 radical (unpaired) electrons. The summed E-state index contributed by atoms with van der Waals surface area (Å²) in [5, 5.41) is 0.927. The standard InChI is InChI=1S/C13H12FN/c14-11-5-6-13-10(8-11)7-9-3-1-2-4-12(9)15-13/h5-8H,1-4H2. The monoisotopic (exact) mass is 201 g/mol. The first-order chi connectivity index (χ1) is 7.33. The second-order valence-electron chi connectivity index (χ2n) is 4.14. The van der Waals surface area contributed by atoms with Crippen LogP contribution >= 0.6 is 0 Å². The molecule has 0 aliphatic heterocycles. The van der Waals surface area contributed by atoms with E-state index < -0.39 is 0 Å². The Morgan fingerprint density at radius 3 is 2.87 bits per heavy atom. The van der Waals surface area contributed by atoms with E-state index >= 15 is 0 Å². The number of hydrogen-bond donors (Lipinski definition) is 0. The summed E-state index contributed by atoms with van der Waals surface area (Å²) < 4.78 is 13.0. The van der Waals surface area contributed by atoms with Crippen LogP contribution in [0.15, 0.2) is 24.3 Å². The number of halogens is 1. The molecule has 2 aromatic rings. The second kappa shape index (κ2) is 3.30. The summed E-state index contributed by atoms with van der Waals surface area (Å²) in [7, 11) is 0. The Bertz CT molecular complexity index is 519. The molecule has 0 atom stereocenters. The highest BCUT2D eigenvalue weighted by Crippen LogP contribution is 2.24. The van der Waals surface area contributed by atoms with Gasteiger partial charge in [-0.3, -0.25) is 4.98 Å². The highest BCUT2D eigenvalue weighted by atomic mass is 19.1. The fourth-order valence-corrected chi connectivity index (χ4v) is 2.27. The molecule has 0 bridgehead atoms. The lowest BCUT2D eigenvalue weighted by molar-refractivity contribution is 0.629. The summed E-state index contributed by atoms with van der Waals surface area (Å²) in [5.74, 6) is -0.181. The third-order valence-corrected chi connectivity index (χ3v) is 3.06. The molecular weight excluding hydrogens is 189 g/mol. The maximum atomic E-state index is 13.0. The first kappa shape index (κ1) is 8.84. The number of hydrogen-bond acceptors (Lipinski definition) is 1. The molecule has 76 valence electrons. The van der Waals surface area contributed by atoms with E-state index in [9.17, 15) is 4.39 Å². The zero-order valence-corrected chi connectivity index (χ0v) is 8.46. The molecule has 0 fully saturated rings. The third kappa shape index (κ3) is 1.50. The lowest BCUT2D eigenvalue weighted by Gasteiger charge is -2.15. The molecule has 0 N–H and O–H groups in total. The normalized spacial score (nSPS) is 15.3. The number of aromatic nitrogens is 1. The van der Waals surface area contributed by atoms with E-state index in [-0.39, 0.29) is 5.82 Å². The van der Waals surface area contributed by atoms with Gasteiger partial charge in [0, 0.05) is 11.1 Å². The summed E-state index contributed by atoms with van der Waals surface area (Å²) in [6.07, 6.45) is 4.62. The van der Waals surface area contributed by atoms with Crippen LogP contribution in [0.5, 0.6) is 0 Å². The smallest absolute Gasteiger partial charge is 0.123 e. The minimum Gasteiger partial charge on any atom is -0.253 e. The molecule has 1 aliphatic rings. The quantitative estimate of drug-likeness (QED) is 0.637. The molecule has 0 amide bonds. The van der Waals surface area contributed by atoms with Gasteiger partial charge >= 0.3 is 0 Å². The third-order valence-electron chi connectivity index (χ3n) is 3.06. The van der Waals surface area contributed by atoms with Crippen LogP contribution in [-0.4, -0.2) is 4.98 Å². The van der Waals surface area contributed by atoms with Crippen molar-refractivity contribution in [3.63, 3.8) is 0 Å². The first-order valence-corrected chi connectivity index (χ1v) is 5.41. The van der Waals surface area contributed by atoms with Crippen LogP contribution in [0.1, 0.15) is 24.1 Å². The topological polar surface area (TPSA) is 12.9 Å². The highest BCUT2D eigenvalue weighted by molar-refractivity contribution is 5.79. The molecule has 15 heavy (non-hydrogen) atoms. The van der Waals surface area contributed by atoms with Gasteiger partial charge in [0.05, 0.1) is 5.52 Å². The SMILES string of the molecule is Fc1ccc2nc3c(cc2c1)CCCC3. The average molecular weight is 201 g/mol. The predicted molar refractivity (Wildman–Crippen MR) is 58.3 cm³/mol. The van der Waals surface area contributed by atoms with E-state index in [0.29, 0.717) is 0 Å². The van der Waals surface area contributed by atoms with Crippen LogP contribution in [0.4, 0.5) is 4.39 Å². The van der Waals surface area contributed by atoms with Crippen LogP contribution in [0.3, 0.4) is 0 Å².